The average Bonchev–Trinajstić information content (AvgIpc) is 2.61. The number of nitrogens with one attached hydrogen (secondary N) is 1. The monoisotopic (exact) mass is 396 g/mol. The number of rotatable bonds is 7. The van der Waals surface area contributed by atoms with E-state index in [1.54, 1.807) is 6.92 Å². The van der Waals surface area contributed by atoms with Crippen LogP contribution in [0.2, 0.25) is 0 Å². The Bertz CT molecular complexity index is 915. The molecule has 0 heterocycles. The Hall–Kier alpha value is -2.48. The molecule has 0 saturated carbocycles. The molecule has 0 saturated heterocycles. The Morgan fingerprint density at radius 1 is 1.11 bits per heavy atom. The van der Waals surface area contributed by atoms with E-state index in [1.165, 1.54) is 5.56 Å². The topological polar surface area (TPSA) is 66.5 Å². The predicted molar refractivity (Wildman–Crippen MR) is 101 cm³/mol. The van der Waals surface area contributed by atoms with Crippen molar-refractivity contribution < 1.29 is 22.0 Å². The second kappa shape index (κ2) is 8.47. The van der Waals surface area contributed by atoms with Crippen molar-refractivity contribution in [2.24, 2.45) is 0 Å². The Kier molecular flexibility index (Phi) is 6.54. The standard InChI is InChI=1S/C19H22F2N2O3S/c1-4-14-5-7-15(8-6-14)13(2)22-19(24)12-23(27(3,25)26)16-9-10-17(20)18(21)11-16/h5-11,13H,4,12H2,1-3H3,(H,22,24). The molecule has 0 bridgehead atoms. The zero-order valence-corrected chi connectivity index (χ0v) is 16.2. The molecule has 0 aliphatic heterocycles. The van der Waals surface area contributed by atoms with Gasteiger partial charge in [-0.1, -0.05) is 31.2 Å². The van der Waals surface area contributed by atoms with Gasteiger partial charge in [-0.15, -0.1) is 0 Å². The molecule has 2 rings (SSSR count). The SMILES string of the molecule is CCc1ccc(C(C)NC(=O)CN(c2ccc(F)c(F)c2)S(C)(=O)=O)cc1. The van der Waals surface area contributed by atoms with Crippen molar-refractivity contribution in [1.29, 1.82) is 0 Å². The zero-order chi connectivity index (χ0) is 20.2. The summed E-state index contributed by atoms with van der Waals surface area (Å²) in [4.78, 5) is 12.3. The van der Waals surface area contributed by atoms with Crippen LogP contribution in [-0.2, 0) is 21.2 Å². The highest BCUT2D eigenvalue weighted by molar-refractivity contribution is 7.92. The van der Waals surface area contributed by atoms with Gasteiger partial charge < -0.3 is 5.32 Å². The van der Waals surface area contributed by atoms with Crippen LogP contribution in [-0.4, -0.2) is 27.1 Å². The predicted octanol–water partition coefficient (Wildman–Crippen LogP) is 3.17. The van der Waals surface area contributed by atoms with E-state index in [-0.39, 0.29) is 11.7 Å². The van der Waals surface area contributed by atoms with E-state index in [0.717, 1.165) is 40.7 Å². The summed E-state index contributed by atoms with van der Waals surface area (Å²) in [5, 5.41) is 2.72. The Labute approximate surface area is 158 Å². The van der Waals surface area contributed by atoms with Crippen LogP contribution < -0.4 is 9.62 Å². The van der Waals surface area contributed by atoms with Crippen LogP contribution in [0.25, 0.3) is 0 Å². The van der Waals surface area contributed by atoms with Crippen molar-refractivity contribution in [3.8, 4) is 0 Å². The van der Waals surface area contributed by atoms with Gasteiger partial charge >= 0.3 is 0 Å². The van der Waals surface area contributed by atoms with Crippen LogP contribution in [0, 0.1) is 11.6 Å². The van der Waals surface area contributed by atoms with Gasteiger partial charge in [0.05, 0.1) is 18.0 Å². The first-order chi connectivity index (χ1) is 12.6. The second-order valence-corrected chi connectivity index (χ2v) is 8.16. The number of carbonyl (C=O) groups excluding carboxylic acids is 1. The molecule has 1 atom stereocenters. The summed E-state index contributed by atoms with van der Waals surface area (Å²) in [5.41, 5.74) is 1.92. The molecule has 5 nitrogen and oxygen atoms in total. The Morgan fingerprint density at radius 3 is 2.26 bits per heavy atom. The minimum Gasteiger partial charge on any atom is -0.348 e. The highest BCUT2D eigenvalue weighted by Gasteiger charge is 2.23. The van der Waals surface area contributed by atoms with Crippen molar-refractivity contribution in [2.45, 2.75) is 26.3 Å². The summed E-state index contributed by atoms with van der Waals surface area (Å²) in [6.07, 6.45) is 1.80. The molecule has 27 heavy (non-hydrogen) atoms. The van der Waals surface area contributed by atoms with Gasteiger partial charge in [0, 0.05) is 6.07 Å². The van der Waals surface area contributed by atoms with Crippen molar-refractivity contribution in [3.63, 3.8) is 0 Å². The van der Waals surface area contributed by atoms with E-state index in [0.29, 0.717) is 0 Å². The molecule has 1 unspecified atom stereocenters. The number of halogens is 2. The molecular weight excluding hydrogens is 374 g/mol. The van der Waals surface area contributed by atoms with Crippen LogP contribution in [0.5, 0.6) is 0 Å². The smallest absolute Gasteiger partial charge is 0.241 e. The normalized spacial score (nSPS) is 12.5. The number of hydrogen-bond donors (Lipinski definition) is 1. The minimum absolute atomic E-state index is 0.119. The van der Waals surface area contributed by atoms with E-state index < -0.39 is 34.1 Å². The molecule has 0 aromatic heterocycles. The first-order valence-corrected chi connectivity index (χ1v) is 10.3. The fourth-order valence-corrected chi connectivity index (χ4v) is 3.43. The number of hydrogen-bond acceptors (Lipinski definition) is 3. The third-order valence-electron chi connectivity index (χ3n) is 4.14. The molecule has 0 radical (unpaired) electrons. The average molecular weight is 396 g/mol. The molecule has 0 aliphatic carbocycles. The maximum Gasteiger partial charge on any atom is 0.241 e. The molecule has 1 amide bonds. The van der Waals surface area contributed by atoms with Crippen molar-refractivity contribution >= 4 is 21.6 Å². The van der Waals surface area contributed by atoms with Crippen molar-refractivity contribution in [2.75, 3.05) is 17.1 Å². The van der Waals surface area contributed by atoms with Crippen molar-refractivity contribution in [1.82, 2.24) is 5.32 Å². The molecule has 0 spiro atoms. The molecule has 0 fully saturated rings. The number of carbonyl (C=O) groups is 1. The summed E-state index contributed by atoms with van der Waals surface area (Å²) < 4.78 is 51.3. The van der Waals surface area contributed by atoms with Gasteiger partial charge in [0.15, 0.2) is 11.6 Å². The largest absolute Gasteiger partial charge is 0.348 e. The Balaban J connectivity index is 2.14. The van der Waals surface area contributed by atoms with E-state index in [4.69, 9.17) is 0 Å². The lowest BCUT2D eigenvalue weighted by molar-refractivity contribution is -0.120. The molecule has 1 N–H and O–H groups in total. The highest BCUT2D eigenvalue weighted by Crippen LogP contribution is 2.21. The molecule has 146 valence electrons. The van der Waals surface area contributed by atoms with Crippen LogP contribution >= 0.6 is 0 Å². The lowest BCUT2D eigenvalue weighted by Crippen LogP contribution is -2.41. The van der Waals surface area contributed by atoms with E-state index >= 15 is 0 Å². The highest BCUT2D eigenvalue weighted by atomic mass is 32.2. The fourth-order valence-electron chi connectivity index (χ4n) is 2.58. The van der Waals surface area contributed by atoms with Gasteiger partial charge in [-0.2, -0.15) is 0 Å². The van der Waals surface area contributed by atoms with E-state index in [2.05, 4.69) is 5.32 Å². The zero-order valence-electron chi connectivity index (χ0n) is 15.4. The summed E-state index contributed by atoms with van der Waals surface area (Å²) in [6, 6.07) is 10.1. The fraction of sp³-hybridized carbons (Fsp3) is 0.316. The maximum absolute atomic E-state index is 13.5. The molecule has 2 aromatic carbocycles. The third-order valence-corrected chi connectivity index (χ3v) is 5.28. The van der Waals surface area contributed by atoms with Gasteiger partial charge in [0.25, 0.3) is 0 Å². The lowest BCUT2D eigenvalue weighted by Gasteiger charge is -2.23. The van der Waals surface area contributed by atoms with Crippen LogP contribution in [0.4, 0.5) is 14.5 Å². The minimum atomic E-state index is -3.87. The van der Waals surface area contributed by atoms with Gasteiger partial charge in [-0.05, 0) is 36.6 Å². The maximum atomic E-state index is 13.5. The molecule has 2 aromatic rings. The Morgan fingerprint density at radius 2 is 1.74 bits per heavy atom. The lowest BCUT2D eigenvalue weighted by atomic mass is 10.1. The second-order valence-electron chi connectivity index (χ2n) is 6.25. The van der Waals surface area contributed by atoms with Crippen molar-refractivity contribution in [3.05, 3.63) is 65.2 Å². The molecule has 0 aliphatic rings. The summed E-state index contributed by atoms with van der Waals surface area (Å²) in [6.45, 7) is 3.28. The van der Waals surface area contributed by atoms with Crippen LogP contribution in [0.15, 0.2) is 42.5 Å². The number of amides is 1. The molecule has 8 heteroatoms. The third kappa shape index (κ3) is 5.50. The first-order valence-electron chi connectivity index (χ1n) is 8.42. The van der Waals surface area contributed by atoms with E-state index in [9.17, 15) is 22.0 Å². The number of sulfonamides is 1. The van der Waals surface area contributed by atoms with Crippen LogP contribution in [0.3, 0.4) is 0 Å². The van der Waals surface area contributed by atoms with Gasteiger partial charge in [-0.3, -0.25) is 9.10 Å². The quantitative estimate of drug-likeness (QED) is 0.782. The van der Waals surface area contributed by atoms with Crippen LogP contribution in [0.1, 0.15) is 31.0 Å². The molecular formula is C19H22F2N2O3S. The summed E-state index contributed by atoms with van der Waals surface area (Å²) in [7, 11) is -3.87. The number of aryl methyl sites for hydroxylation is 1. The van der Waals surface area contributed by atoms with Gasteiger partial charge in [-0.25, -0.2) is 17.2 Å². The first kappa shape index (κ1) is 20.8. The van der Waals surface area contributed by atoms with Gasteiger partial charge in [0.2, 0.25) is 15.9 Å². The summed E-state index contributed by atoms with van der Waals surface area (Å²) >= 11 is 0. The van der Waals surface area contributed by atoms with Gasteiger partial charge in [0.1, 0.15) is 6.54 Å². The number of anilines is 1. The number of benzene rings is 2. The van der Waals surface area contributed by atoms with E-state index in [1.807, 2.05) is 31.2 Å². The summed E-state index contributed by atoms with van der Waals surface area (Å²) in [5.74, 6) is -2.84. The number of nitrogens with zero attached hydrogens (tertiary/aromatic N) is 1.